The minimum Gasteiger partial charge on any atom is -0.504 e. The minimum absolute atomic E-state index is 0.132. The lowest BCUT2D eigenvalue weighted by Gasteiger charge is -2.09. The number of benzene rings is 2. The Labute approximate surface area is 91.6 Å². The van der Waals surface area contributed by atoms with Gasteiger partial charge in [-0.1, -0.05) is 30.3 Å². The Morgan fingerprint density at radius 3 is 2.13 bits per heavy atom. The van der Waals surface area contributed by atoms with Gasteiger partial charge in [-0.15, -0.1) is 0 Å². The molecule has 2 nitrogen and oxygen atoms in total. The van der Waals surface area contributed by atoms with E-state index in [2.05, 4.69) is 10.2 Å². The summed E-state index contributed by atoms with van der Waals surface area (Å²) in [6.07, 6.45) is 0. The fourth-order valence-electron chi connectivity index (χ4n) is 1.22. The van der Waals surface area contributed by atoms with E-state index in [1.807, 2.05) is 30.3 Å². The molecular formula is C12H9O2Si. The van der Waals surface area contributed by atoms with E-state index >= 15 is 0 Å². The average Bonchev–Trinajstić information content (AvgIpc) is 2.24. The van der Waals surface area contributed by atoms with Gasteiger partial charge in [-0.05, 0) is 23.4 Å². The number of aromatic hydroxyl groups is 1. The monoisotopic (exact) mass is 213 g/mol. The van der Waals surface area contributed by atoms with Crippen LogP contribution in [0.25, 0.3) is 0 Å². The maximum Gasteiger partial charge on any atom is 0.169 e. The largest absolute Gasteiger partial charge is 0.504 e. The van der Waals surface area contributed by atoms with Crippen LogP contribution in [0.2, 0.25) is 0 Å². The highest BCUT2D eigenvalue weighted by molar-refractivity contribution is 6.34. The van der Waals surface area contributed by atoms with Crippen molar-refractivity contribution in [3.8, 4) is 17.2 Å². The first-order valence-corrected chi connectivity index (χ1v) is 5.04. The van der Waals surface area contributed by atoms with Crippen molar-refractivity contribution >= 4 is 15.4 Å². The Hall–Kier alpha value is -1.74. The van der Waals surface area contributed by atoms with E-state index < -0.39 is 0 Å². The van der Waals surface area contributed by atoms with Gasteiger partial charge in [-0.3, -0.25) is 0 Å². The molecule has 2 rings (SSSR count). The third-order valence-electron chi connectivity index (χ3n) is 1.97. The van der Waals surface area contributed by atoms with E-state index in [9.17, 15) is 5.11 Å². The van der Waals surface area contributed by atoms with Crippen LogP contribution in [-0.4, -0.2) is 15.3 Å². The van der Waals surface area contributed by atoms with Crippen molar-refractivity contribution in [3.63, 3.8) is 0 Å². The molecule has 0 atom stereocenters. The molecule has 2 aromatic rings. The molecule has 0 saturated carbocycles. The topological polar surface area (TPSA) is 29.5 Å². The second-order valence-corrected chi connectivity index (χ2v) is 3.60. The Bertz CT molecular complexity index is 425. The number of ether oxygens (including phenoxy) is 1. The van der Waals surface area contributed by atoms with Crippen LogP contribution in [0.4, 0.5) is 0 Å². The molecule has 0 bridgehead atoms. The zero-order valence-electron chi connectivity index (χ0n) is 7.97. The summed E-state index contributed by atoms with van der Waals surface area (Å²) >= 11 is 0. The molecule has 2 aromatic carbocycles. The van der Waals surface area contributed by atoms with Crippen LogP contribution in [0.3, 0.4) is 0 Å². The first-order valence-electron chi connectivity index (χ1n) is 4.54. The summed E-state index contributed by atoms with van der Waals surface area (Å²) < 4.78 is 5.54. The van der Waals surface area contributed by atoms with E-state index in [-0.39, 0.29) is 5.75 Å². The smallest absolute Gasteiger partial charge is 0.169 e. The molecule has 1 N–H and O–H groups in total. The standard InChI is InChI=1S/C12H9O2Si/c13-9-5-1-2-6-10(9)14-11-7-3-4-8-12(11)15/h1-8,13H. The third-order valence-corrected chi connectivity index (χ3v) is 2.39. The van der Waals surface area contributed by atoms with Gasteiger partial charge in [0.05, 0.1) is 10.2 Å². The van der Waals surface area contributed by atoms with Gasteiger partial charge in [0.25, 0.3) is 0 Å². The van der Waals surface area contributed by atoms with Gasteiger partial charge in [-0.2, -0.15) is 0 Å². The SMILES string of the molecule is Oc1ccccc1Oc1ccccc1[Si]. The highest BCUT2D eigenvalue weighted by Crippen LogP contribution is 2.28. The molecule has 0 spiro atoms. The van der Waals surface area contributed by atoms with Gasteiger partial charge in [0.1, 0.15) is 5.75 Å². The van der Waals surface area contributed by atoms with Gasteiger partial charge in [0.15, 0.2) is 11.5 Å². The lowest BCUT2D eigenvalue weighted by molar-refractivity contribution is 0.413. The normalized spacial score (nSPS) is 9.93. The van der Waals surface area contributed by atoms with Crippen molar-refractivity contribution in [1.29, 1.82) is 0 Å². The van der Waals surface area contributed by atoms with E-state index in [1.165, 1.54) is 0 Å². The molecule has 15 heavy (non-hydrogen) atoms. The lowest BCUT2D eigenvalue weighted by Crippen LogP contribution is -2.05. The number of phenolic OH excluding ortho intramolecular Hbond substituents is 1. The predicted octanol–water partition coefficient (Wildman–Crippen LogP) is 1.98. The average molecular weight is 213 g/mol. The summed E-state index contributed by atoms with van der Waals surface area (Å²) in [7, 11) is 3.42. The molecule has 3 heteroatoms. The summed E-state index contributed by atoms with van der Waals surface area (Å²) in [6.45, 7) is 0. The van der Waals surface area contributed by atoms with Crippen LogP contribution in [0.1, 0.15) is 0 Å². The van der Waals surface area contributed by atoms with Crippen molar-refractivity contribution in [2.75, 3.05) is 0 Å². The molecule has 73 valence electrons. The van der Waals surface area contributed by atoms with Gasteiger partial charge < -0.3 is 9.84 Å². The Balaban J connectivity index is 2.30. The summed E-state index contributed by atoms with van der Waals surface area (Å²) in [5.74, 6) is 1.26. The molecule has 0 aliphatic carbocycles. The van der Waals surface area contributed by atoms with Crippen LogP contribution in [0, 0.1) is 0 Å². The van der Waals surface area contributed by atoms with Crippen molar-refractivity contribution in [1.82, 2.24) is 0 Å². The highest BCUT2D eigenvalue weighted by Gasteiger charge is 2.03. The van der Waals surface area contributed by atoms with Crippen molar-refractivity contribution in [2.24, 2.45) is 0 Å². The van der Waals surface area contributed by atoms with Crippen molar-refractivity contribution in [3.05, 3.63) is 48.5 Å². The number of phenols is 1. The summed E-state index contributed by atoms with van der Waals surface area (Å²) in [4.78, 5) is 0. The first kappa shape index (κ1) is 9.80. The summed E-state index contributed by atoms with van der Waals surface area (Å²) in [5.41, 5.74) is 0. The maximum absolute atomic E-state index is 9.52. The molecule has 0 aliphatic heterocycles. The summed E-state index contributed by atoms with van der Waals surface area (Å²) in [6, 6.07) is 14.4. The maximum atomic E-state index is 9.52. The number of hydrogen-bond acceptors (Lipinski definition) is 2. The van der Waals surface area contributed by atoms with Crippen LogP contribution < -0.4 is 9.92 Å². The molecule has 0 aromatic heterocycles. The molecule has 0 heterocycles. The van der Waals surface area contributed by atoms with Crippen LogP contribution in [-0.2, 0) is 0 Å². The molecule has 0 unspecified atom stereocenters. The molecule has 3 radical (unpaired) electrons. The Morgan fingerprint density at radius 2 is 1.47 bits per heavy atom. The first-order chi connectivity index (χ1) is 7.27. The zero-order valence-corrected chi connectivity index (χ0v) is 8.97. The minimum atomic E-state index is 0.132. The van der Waals surface area contributed by atoms with Gasteiger partial charge in [-0.25, -0.2) is 0 Å². The fourth-order valence-corrected chi connectivity index (χ4v) is 1.45. The number of rotatable bonds is 2. The second kappa shape index (κ2) is 4.19. The van der Waals surface area contributed by atoms with Crippen LogP contribution in [0.15, 0.2) is 48.5 Å². The van der Waals surface area contributed by atoms with Crippen molar-refractivity contribution in [2.45, 2.75) is 0 Å². The Morgan fingerprint density at radius 1 is 0.867 bits per heavy atom. The number of para-hydroxylation sites is 3. The quantitative estimate of drug-likeness (QED) is 0.773. The van der Waals surface area contributed by atoms with E-state index in [0.717, 1.165) is 5.19 Å². The fraction of sp³-hybridized carbons (Fsp3) is 0. The molecule has 0 amide bonds. The molecule has 0 aliphatic rings. The lowest BCUT2D eigenvalue weighted by atomic mass is 10.3. The molecule has 0 fully saturated rings. The van der Waals surface area contributed by atoms with E-state index in [4.69, 9.17) is 4.74 Å². The van der Waals surface area contributed by atoms with Gasteiger partial charge >= 0.3 is 0 Å². The molecule has 0 saturated heterocycles. The zero-order chi connectivity index (χ0) is 10.7. The second-order valence-electron chi connectivity index (χ2n) is 3.07. The summed E-state index contributed by atoms with van der Waals surface area (Å²) in [5, 5.41) is 10.4. The highest BCUT2D eigenvalue weighted by atomic mass is 28.1. The van der Waals surface area contributed by atoms with E-state index in [0.29, 0.717) is 11.5 Å². The van der Waals surface area contributed by atoms with Gasteiger partial charge in [0.2, 0.25) is 0 Å². The van der Waals surface area contributed by atoms with Gasteiger partial charge in [0, 0.05) is 0 Å². The van der Waals surface area contributed by atoms with Crippen molar-refractivity contribution < 1.29 is 9.84 Å². The van der Waals surface area contributed by atoms with Crippen LogP contribution in [0.5, 0.6) is 17.2 Å². The molecular weight excluding hydrogens is 204 g/mol. The predicted molar refractivity (Wildman–Crippen MR) is 60.0 cm³/mol. The number of hydrogen-bond donors (Lipinski definition) is 1. The Kier molecular flexibility index (Phi) is 2.74. The van der Waals surface area contributed by atoms with E-state index in [1.54, 1.807) is 18.2 Å². The van der Waals surface area contributed by atoms with Crippen LogP contribution >= 0.6 is 0 Å². The third kappa shape index (κ3) is 2.19.